The second kappa shape index (κ2) is 25300. The smallest absolute Gasteiger partial charge is 0.615 e. The number of nitrogens with two attached hydrogens (primary N) is 5. The van der Waals surface area contributed by atoms with E-state index in [-0.39, 0.29) is 18.6 Å². The fraction of sp³-hybridized carbons (Fsp3) is 0. The number of rotatable bonds is 0. The van der Waals surface area contributed by atoms with E-state index >= 15 is 0 Å². The first-order valence-corrected chi connectivity index (χ1v) is 1.44. The van der Waals surface area contributed by atoms with Crippen LogP contribution in [-0.2, 0) is 18.6 Å². The summed E-state index contributed by atoms with van der Waals surface area (Å²) in [4.78, 5) is 0. The molecule has 0 rings (SSSR count). The number of hydrogen-bond donors (Lipinski definition) is 5. The molecule has 0 amide bonds. The van der Waals surface area contributed by atoms with Gasteiger partial charge >= 0.3 is 18.6 Å². The minimum atomic E-state index is 0. The molecule has 0 saturated carbocycles. The first kappa shape index (κ1) is 43.2. The largest absolute Gasteiger partial charge is 5.00 e. The van der Waals surface area contributed by atoms with Gasteiger partial charge in [-0.2, -0.15) is 0 Å². The summed E-state index contributed by atoms with van der Waals surface area (Å²) in [6, 6.07) is 0. The van der Waals surface area contributed by atoms with Crippen LogP contribution < -0.4 is 29.2 Å². The summed E-state index contributed by atoms with van der Waals surface area (Å²) in [5.41, 5.74) is 0. The van der Waals surface area contributed by atoms with Gasteiger partial charge in [0, 0.05) is 0 Å². The average Bonchev–Trinajstić information content (AvgIpc) is 2.20. The van der Waals surface area contributed by atoms with Crippen LogP contribution in [0.1, 0.15) is 0 Å². The summed E-state index contributed by atoms with van der Waals surface area (Å²) in [6.45, 7) is 0. The second-order valence-corrected chi connectivity index (χ2v) is 0. The summed E-state index contributed by atoms with van der Waals surface area (Å²) >= 11 is 0. The summed E-state index contributed by atoms with van der Waals surface area (Å²) < 4.78 is 0. The minimum Gasteiger partial charge on any atom is -0.615 e. The van der Waals surface area contributed by atoms with Crippen molar-refractivity contribution in [1.82, 2.24) is 0 Å². The van der Waals surface area contributed by atoms with E-state index in [0.29, 0.717) is 0 Å². The van der Waals surface area contributed by atoms with Gasteiger partial charge in [0.15, 0.2) is 0 Å². The molecule has 0 saturated heterocycles. The zero-order chi connectivity index (χ0) is 10.0. The molecule has 0 aromatic rings. The molecule has 10 nitrogen and oxygen atoms in total. The molecule has 0 unspecified atom stereocenters. The molecular formula is H15N10V. The van der Waals surface area contributed by atoms with Gasteiger partial charge in [-0.25, -0.2) is 0 Å². The van der Waals surface area contributed by atoms with E-state index in [1.807, 2.05) is 0 Å². The average molecular weight is 206 g/mol. The zero-order valence-electron chi connectivity index (χ0n) is 5.83. The number of nitrogens with one attached hydrogen (secondary N) is 5. The van der Waals surface area contributed by atoms with Gasteiger partial charge in [-0.15, -0.1) is 0 Å². The molecule has 0 aliphatic carbocycles. The fourth-order valence-corrected chi connectivity index (χ4v) is 0. The van der Waals surface area contributed by atoms with E-state index in [4.69, 9.17) is 29.2 Å². The van der Waals surface area contributed by atoms with Crippen LogP contribution in [0.15, 0.2) is 0 Å². The van der Waals surface area contributed by atoms with Gasteiger partial charge in [-0.05, 0) is 0 Å². The van der Waals surface area contributed by atoms with E-state index in [1.54, 1.807) is 0 Å². The van der Waals surface area contributed by atoms with Crippen molar-refractivity contribution >= 4 is 0 Å². The van der Waals surface area contributed by atoms with E-state index in [1.165, 1.54) is 0 Å². The van der Waals surface area contributed by atoms with Crippen molar-refractivity contribution in [2.45, 2.75) is 0 Å². The Morgan fingerprint density at radius 1 is 0.364 bits per heavy atom. The molecular weight excluding hydrogens is 191 g/mol. The Balaban J connectivity index is -0.00000000694. The van der Waals surface area contributed by atoms with Crippen LogP contribution in [0.5, 0.6) is 0 Å². The summed E-state index contributed by atoms with van der Waals surface area (Å²) in [5, 5.41) is 0. The van der Waals surface area contributed by atoms with Crippen LogP contribution in [0.4, 0.5) is 0 Å². The van der Waals surface area contributed by atoms with Gasteiger partial charge in [0.2, 0.25) is 0 Å². The third kappa shape index (κ3) is 20100. The van der Waals surface area contributed by atoms with Crippen molar-refractivity contribution in [3.63, 3.8) is 0 Å². The molecule has 11 heavy (non-hydrogen) atoms. The van der Waals surface area contributed by atoms with Crippen molar-refractivity contribution in [1.29, 1.82) is 0 Å². The Labute approximate surface area is 77.7 Å². The van der Waals surface area contributed by atoms with Gasteiger partial charge in [-0.1, -0.05) is 0 Å². The Bertz CT molecular complexity index is 4.83. The summed E-state index contributed by atoms with van der Waals surface area (Å²) in [7, 11) is 0. The van der Waals surface area contributed by atoms with Gasteiger partial charge in [0.25, 0.3) is 0 Å². The maximum Gasteiger partial charge on any atom is 5.00 e. The Morgan fingerprint density at radius 2 is 0.364 bits per heavy atom. The minimum absolute atomic E-state index is 0. The maximum absolute atomic E-state index is 5.25. The molecule has 70 valence electrons. The van der Waals surface area contributed by atoms with Crippen LogP contribution >= 0.6 is 0 Å². The molecule has 0 aromatic heterocycles. The predicted molar refractivity (Wildman–Crippen MR) is 42.5 cm³/mol. The van der Waals surface area contributed by atoms with Crippen molar-refractivity contribution < 1.29 is 18.6 Å². The fourth-order valence-electron chi connectivity index (χ4n) is 0. The summed E-state index contributed by atoms with van der Waals surface area (Å²) in [5.74, 6) is 45.0. The molecule has 11 heteroatoms. The Morgan fingerprint density at radius 3 is 0.364 bits per heavy atom. The maximum atomic E-state index is 5.25. The number of hydrogen-bond acceptors (Lipinski definition) is 5. The monoisotopic (exact) mass is 206 g/mol. The van der Waals surface area contributed by atoms with Gasteiger partial charge in [-0.3, -0.25) is 0 Å². The van der Waals surface area contributed by atoms with Crippen molar-refractivity contribution in [2.24, 2.45) is 29.2 Å². The van der Waals surface area contributed by atoms with Crippen molar-refractivity contribution in [3.05, 3.63) is 29.2 Å². The van der Waals surface area contributed by atoms with Crippen LogP contribution in [0, 0.1) is 0 Å². The summed E-state index contributed by atoms with van der Waals surface area (Å²) in [6.07, 6.45) is 0. The molecule has 0 atom stereocenters. The first-order chi connectivity index (χ1) is 5.00. The normalized spacial score (nSPS) is 2.73. The van der Waals surface area contributed by atoms with E-state index in [9.17, 15) is 0 Å². The SMILES string of the molecule is [NH-]N.[NH-]N.[NH-]N.[NH-]N.[NH-]N.[V+5]. The molecule has 0 radical (unpaired) electrons. The molecule has 0 bridgehead atoms. The van der Waals surface area contributed by atoms with Crippen molar-refractivity contribution in [2.75, 3.05) is 0 Å². The van der Waals surface area contributed by atoms with E-state index in [0.717, 1.165) is 0 Å². The van der Waals surface area contributed by atoms with Gasteiger partial charge in [0.05, 0.1) is 0 Å². The van der Waals surface area contributed by atoms with Gasteiger partial charge < -0.3 is 58.4 Å². The molecule has 0 aliphatic heterocycles. The van der Waals surface area contributed by atoms with Crippen LogP contribution in [0.25, 0.3) is 29.2 Å². The van der Waals surface area contributed by atoms with Crippen molar-refractivity contribution in [3.8, 4) is 0 Å². The Kier molecular flexibility index (Phi) is 99100. The molecule has 0 fully saturated rings. The van der Waals surface area contributed by atoms with Crippen LogP contribution in [-0.4, -0.2) is 0 Å². The van der Waals surface area contributed by atoms with Crippen LogP contribution in [0.3, 0.4) is 0 Å². The molecule has 15 N–H and O–H groups in total. The quantitative estimate of drug-likeness (QED) is 0.260. The predicted octanol–water partition coefficient (Wildman–Crippen LogP) is -0.441. The zero-order valence-corrected chi connectivity index (χ0v) is 7.23. The first-order valence-electron chi connectivity index (χ1n) is 1.44. The molecule has 0 aliphatic rings. The molecule has 0 spiro atoms. The van der Waals surface area contributed by atoms with Gasteiger partial charge in [0.1, 0.15) is 0 Å². The topological polar surface area (TPSA) is 249 Å². The third-order valence-corrected chi connectivity index (χ3v) is 0. The molecule has 0 heterocycles. The standard InChI is InChI=1S/5H3N2.V/c5*1-2;/h5*1H,2H2;/q5*-1;+5. The van der Waals surface area contributed by atoms with E-state index < -0.39 is 0 Å². The third-order valence-electron chi connectivity index (χ3n) is 0. The molecule has 0 aromatic carbocycles. The van der Waals surface area contributed by atoms with E-state index in [2.05, 4.69) is 29.2 Å². The Hall–Kier alpha value is 0.184. The van der Waals surface area contributed by atoms with Crippen LogP contribution in [0.2, 0.25) is 0 Å². The second-order valence-electron chi connectivity index (χ2n) is 0.